The highest BCUT2D eigenvalue weighted by Gasteiger charge is 2.23. The van der Waals surface area contributed by atoms with E-state index in [1.165, 1.54) is 54.7 Å². The predicted octanol–water partition coefficient (Wildman–Crippen LogP) is 8.48. The summed E-state index contributed by atoms with van der Waals surface area (Å²) in [5.41, 5.74) is 9.27. The van der Waals surface area contributed by atoms with Gasteiger partial charge >= 0.3 is 0 Å². The van der Waals surface area contributed by atoms with Crippen LogP contribution < -0.4 is 0 Å². The second kappa shape index (κ2) is 6.41. The van der Waals surface area contributed by atoms with E-state index in [0.717, 1.165) is 21.9 Å². The third-order valence-electron chi connectivity index (χ3n) is 7.80. The van der Waals surface area contributed by atoms with Gasteiger partial charge in [0.2, 0.25) is 0 Å². The number of nitrogens with zero attached hydrogens (tertiary/aromatic N) is 3. The van der Waals surface area contributed by atoms with Gasteiger partial charge in [-0.1, -0.05) is 72.8 Å². The number of para-hydroxylation sites is 3. The van der Waals surface area contributed by atoms with E-state index >= 15 is 0 Å². The lowest BCUT2D eigenvalue weighted by Gasteiger charge is -2.09. The third-order valence-corrected chi connectivity index (χ3v) is 7.80. The van der Waals surface area contributed by atoms with Crippen molar-refractivity contribution in [3.63, 3.8) is 0 Å². The van der Waals surface area contributed by atoms with E-state index in [-0.39, 0.29) is 0 Å². The second-order valence-corrected chi connectivity index (χ2v) is 9.63. The van der Waals surface area contributed by atoms with Gasteiger partial charge in [0.1, 0.15) is 0 Å². The molecule has 0 aliphatic carbocycles. The van der Waals surface area contributed by atoms with Crippen LogP contribution >= 0.6 is 0 Å². The largest absolute Gasteiger partial charge is 0.309 e. The number of benzene rings is 5. The van der Waals surface area contributed by atoms with E-state index in [4.69, 9.17) is 4.98 Å². The Bertz CT molecular complexity index is 2300. The summed E-state index contributed by atoms with van der Waals surface area (Å²) in [7, 11) is 0. The van der Waals surface area contributed by atoms with E-state index in [9.17, 15) is 0 Å². The Morgan fingerprint density at radius 1 is 0.500 bits per heavy atom. The van der Waals surface area contributed by atoms with Crippen molar-refractivity contribution in [3.05, 3.63) is 115 Å². The van der Waals surface area contributed by atoms with Gasteiger partial charge < -0.3 is 8.97 Å². The van der Waals surface area contributed by atoms with Gasteiger partial charge in [0.15, 0.2) is 0 Å². The smallest absolute Gasteiger partial charge is 0.0957 e. The first kappa shape index (κ1) is 18.4. The molecular formula is C33H19N3. The van der Waals surface area contributed by atoms with Gasteiger partial charge in [0.25, 0.3) is 0 Å². The molecule has 5 aromatic carbocycles. The fourth-order valence-corrected chi connectivity index (χ4v) is 6.37. The molecule has 0 radical (unpaired) electrons. The molecule has 0 amide bonds. The average molecular weight is 458 g/mol. The van der Waals surface area contributed by atoms with Crippen LogP contribution in [-0.2, 0) is 0 Å². The third kappa shape index (κ3) is 2.12. The summed E-state index contributed by atoms with van der Waals surface area (Å²) in [6.07, 6.45) is 0. The van der Waals surface area contributed by atoms with Crippen LogP contribution in [0.25, 0.3) is 76.6 Å². The van der Waals surface area contributed by atoms with Gasteiger partial charge in [-0.2, -0.15) is 0 Å². The van der Waals surface area contributed by atoms with Gasteiger partial charge in [0.05, 0.1) is 38.6 Å². The molecule has 0 atom stereocenters. The lowest BCUT2D eigenvalue weighted by atomic mass is 10.0. The number of fused-ring (bicyclic) bond motifs is 7. The van der Waals surface area contributed by atoms with Gasteiger partial charge in [-0.05, 0) is 42.5 Å². The van der Waals surface area contributed by atoms with Crippen molar-refractivity contribution in [3.8, 4) is 5.69 Å². The predicted molar refractivity (Wildman–Crippen MR) is 151 cm³/mol. The molecule has 0 fully saturated rings. The van der Waals surface area contributed by atoms with Crippen molar-refractivity contribution in [1.29, 1.82) is 0 Å². The quantitative estimate of drug-likeness (QED) is 0.242. The molecule has 166 valence electrons. The summed E-state index contributed by atoms with van der Waals surface area (Å²) in [4.78, 5) is 5.30. The number of pyridine rings is 1. The van der Waals surface area contributed by atoms with Crippen molar-refractivity contribution in [2.75, 3.05) is 0 Å². The lowest BCUT2D eigenvalue weighted by Crippen LogP contribution is -1.94. The summed E-state index contributed by atoms with van der Waals surface area (Å²) in [5, 5.41) is 7.46. The Labute approximate surface area is 205 Å². The summed E-state index contributed by atoms with van der Waals surface area (Å²) in [6.45, 7) is 0. The Kier molecular flexibility index (Phi) is 3.28. The van der Waals surface area contributed by atoms with Crippen molar-refractivity contribution in [2.24, 2.45) is 0 Å². The van der Waals surface area contributed by atoms with Crippen LogP contribution in [0, 0.1) is 0 Å². The zero-order valence-corrected chi connectivity index (χ0v) is 19.3. The van der Waals surface area contributed by atoms with Crippen molar-refractivity contribution >= 4 is 70.9 Å². The minimum Gasteiger partial charge on any atom is -0.309 e. The molecular weight excluding hydrogens is 438 g/mol. The molecule has 0 bridgehead atoms. The average Bonchev–Trinajstić information content (AvgIpc) is 3.41. The van der Waals surface area contributed by atoms with Crippen LogP contribution in [0.2, 0.25) is 0 Å². The molecule has 0 spiro atoms. The normalized spacial score (nSPS) is 12.4. The van der Waals surface area contributed by atoms with E-state index in [1.54, 1.807) is 0 Å². The first-order chi connectivity index (χ1) is 17.9. The molecule has 0 aliphatic rings. The highest BCUT2D eigenvalue weighted by Crippen LogP contribution is 2.45. The fourth-order valence-electron chi connectivity index (χ4n) is 6.37. The van der Waals surface area contributed by atoms with Crippen molar-refractivity contribution in [1.82, 2.24) is 14.0 Å². The lowest BCUT2D eigenvalue weighted by molar-refractivity contribution is 1.18. The van der Waals surface area contributed by atoms with E-state index in [2.05, 4.69) is 124 Å². The molecule has 9 aromatic rings. The van der Waals surface area contributed by atoms with Gasteiger partial charge in [-0.25, -0.2) is 4.98 Å². The van der Waals surface area contributed by atoms with Crippen LogP contribution in [0.1, 0.15) is 0 Å². The minimum absolute atomic E-state index is 1.02. The molecule has 3 nitrogen and oxygen atoms in total. The van der Waals surface area contributed by atoms with Crippen LogP contribution in [0.5, 0.6) is 0 Å². The Morgan fingerprint density at radius 2 is 1.25 bits per heavy atom. The maximum Gasteiger partial charge on any atom is 0.0957 e. The maximum absolute atomic E-state index is 5.30. The van der Waals surface area contributed by atoms with E-state index in [1.807, 2.05) is 0 Å². The summed E-state index contributed by atoms with van der Waals surface area (Å²) in [5.74, 6) is 0. The highest BCUT2D eigenvalue weighted by molar-refractivity contribution is 6.33. The zero-order valence-electron chi connectivity index (χ0n) is 19.3. The molecule has 0 unspecified atom stereocenters. The zero-order chi connectivity index (χ0) is 23.4. The van der Waals surface area contributed by atoms with Crippen molar-refractivity contribution < 1.29 is 0 Å². The maximum atomic E-state index is 5.30. The molecule has 3 heteroatoms. The molecule has 4 aromatic heterocycles. The van der Waals surface area contributed by atoms with Gasteiger partial charge in [0, 0.05) is 38.0 Å². The molecule has 0 saturated heterocycles. The monoisotopic (exact) mass is 457 g/mol. The Morgan fingerprint density at radius 3 is 2.19 bits per heavy atom. The van der Waals surface area contributed by atoms with Gasteiger partial charge in [-0.15, -0.1) is 0 Å². The van der Waals surface area contributed by atoms with Crippen LogP contribution in [0.15, 0.2) is 115 Å². The topological polar surface area (TPSA) is 22.2 Å². The number of aromatic nitrogens is 3. The molecule has 9 rings (SSSR count). The first-order valence-corrected chi connectivity index (χ1v) is 12.3. The molecule has 0 aliphatic heterocycles. The van der Waals surface area contributed by atoms with E-state index in [0.29, 0.717) is 0 Å². The standard InChI is InChI=1S/C33H19N3/c1-2-10-21(11-3-1)35-27-16-8-13-24-30(27)31-28(35)18-17-23-22-12-5-7-15-26(22)36(33(23)31)29-19-20-9-4-6-14-25(20)34-32(24)29/h1-19H. The Balaban J connectivity index is 1.71. The summed E-state index contributed by atoms with van der Waals surface area (Å²) >= 11 is 0. The Hall–Kier alpha value is -4.89. The molecule has 0 N–H and O–H groups in total. The minimum atomic E-state index is 1.02. The second-order valence-electron chi connectivity index (χ2n) is 9.63. The SMILES string of the molecule is c1ccc(-n2c3cccc4c5nc6ccccc6cc5n5c6ccccc6c6ccc2c(c43)c65)cc1. The van der Waals surface area contributed by atoms with Crippen LogP contribution in [-0.4, -0.2) is 14.0 Å². The summed E-state index contributed by atoms with van der Waals surface area (Å²) < 4.78 is 4.86. The first-order valence-electron chi connectivity index (χ1n) is 12.3. The molecule has 36 heavy (non-hydrogen) atoms. The van der Waals surface area contributed by atoms with Crippen molar-refractivity contribution in [2.45, 2.75) is 0 Å². The highest BCUT2D eigenvalue weighted by atomic mass is 15.0. The number of hydrogen-bond acceptors (Lipinski definition) is 1. The van der Waals surface area contributed by atoms with Crippen LogP contribution in [0.4, 0.5) is 0 Å². The molecule has 0 saturated carbocycles. The van der Waals surface area contributed by atoms with Crippen LogP contribution in [0.3, 0.4) is 0 Å². The van der Waals surface area contributed by atoms with E-state index < -0.39 is 0 Å². The summed E-state index contributed by atoms with van der Waals surface area (Å²) in [6, 6.07) is 41.5. The number of rotatable bonds is 1. The molecule has 4 heterocycles. The van der Waals surface area contributed by atoms with Gasteiger partial charge in [-0.3, -0.25) is 0 Å². The fraction of sp³-hybridized carbons (Fsp3) is 0. The number of hydrogen-bond donors (Lipinski definition) is 0.